The number of rotatable bonds is 3. The third-order valence-corrected chi connectivity index (χ3v) is 5.59. The maximum absolute atomic E-state index is 12.5. The third-order valence-electron chi connectivity index (χ3n) is 3.69. The second-order valence-corrected chi connectivity index (χ2v) is 6.87. The molecule has 1 aliphatic heterocycles. The van der Waals surface area contributed by atoms with Crippen molar-refractivity contribution in [2.75, 3.05) is 20.2 Å². The molecule has 1 fully saturated rings. The number of aryl methyl sites for hydroxylation is 1. The Labute approximate surface area is 119 Å². The first-order valence-corrected chi connectivity index (χ1v) is 7.96. The van der Waals surface area contributed by atoms with Crippen molar-refractivity contribution in [2.45, 2.75) is 30.8 Å². The van der Waals surface area contributed by atoms with Gasteiger partial charge in [-0.15, -0.1) is 0 Å². The van der Waals surface area contributed by atoms with E-state index in [9.17, 15) is 8.42 Å². The summed E-state index contributed by atoms with van der Waals surface area (Å²) in [5.74, 6) is 0. The van der Waals surface area contributed by atoms with E-state index in [1.54, 1.807) is 26.2 Å². The Morgan fingerprint density at radius 2 is 2.00 bits per heavy atom. The Morgan fingerprint density at radius 3 is 2.50 bits per heavy atom. The summed E-state index contributed by atoms with van der Waals surface area (Å²) in [5, 5.41) is 8.89. The van der Waals surface area contributed by atoms with Crippen LogP contribution in [0.3, 0.4) is 0 Å². The van der Waals surface area contributed by atoms with Gasteiger partial charge in [-0.3, -0.25) is 0 Å². The molecule has 0 bridgehead atoms. The van der Waals surface area contributed by atoms with Gasteiger partial charge in [-0.25, -0.2) is 8.42 Å². The number of hydrogen-bond acceptors (Lipinski definition) is 4. The molecule has 0 N–H and O–H groups in total. The Bertz CT molecular complexity index is 626. The van der Waals surface area contributed by atoms with Gasteiger partial charge in [-0.05, 0) is 43.5 Å². The van der Waals surface area contributed by atoms with E-state index in [2.05, 4.69) is 0 Å². The molecule has 20 heavy (non-hydrogen) atoms. The lowest BCUT2D eigenvalue weighted by Gasteiger charge is -2.30. The zero-order chi connectivity index (χ0) is 14.8. The normalized spacial score (nSPS) is 17.9. The second kappa shape index (κ2) is 5.92. The molecular weight excluding hydrogens is 276 g/mol. The van der Waals surface area contributed by atoms with Crippen LogP contribution in [0.1, 0.15) is 24.0 Å². The van der Waals surface area contributed by atoms with Crippen LogP contribution in [0.2, 0.25) is 0 Å². The van der Waals surface area contributed by atoms with E-state index in [4.69, 9.17) is 10.00 Å². The van der Waals surface area contributed by atoms with Gasteiger partial charge in [0.25, 0.3) is 0 Å². The zero-order valence-electron chi connectivity index (χ0n) is 11.7. The number of hydrogen-bond donors (Lipinski definition) is 0. The van der Waals surface area contributed by atoms with Crippen molar-refractivity contribution in [1.29, 1.82) is 5.26 Å². The van der Waals surface area contributed by atoms with Crippen LogP contribution in [-0.2, 0) is 14.8 Å². The van der Waals surface area contributed by atoms with Gasteiger partial charge in [0.15, 0.2) is 0 Å². The molecule has 0 unspecified atom stereocenters. The number of ether oxygens (including phenoxy) is 1. The maximum Gasteiger partial charge on any atom is 0.243 e. The van der Waals surface area contributed by atoms with Crippen LogP contribution in [0, 0.1) is 18.3 Å². The summed E-state index contributed by atoms with van der Waals surface area (Å²) < 4.78 is 31.8. The molecule has 1 heterocycles. The molecule has 0 aliphatic carbocycles. The first-order chi connectivity index (χ1) is 9.48. The molecule has 0 spiro atoms. The fourth-order valence-corrected chi connectivity index (χ4v) is 3.93. The number of nitriles is 1. The van der Waals surface area contributed by atoms with Crippen molar-refractivity contribution >= 4 is 10.0 Å². The molecule has 0 radical (unpaired) electrons. The van der Waals surface area contributed by atoms with Crippen LogP contribution in [0.5, 0.6) is 0 Å². The number of nitrogens with zero attached hydrogens (tertiary/aromatic N) is 2. The van der Waals surface area contributed by atoms with Gasteiger partial charge in [0.05, 0.1) is 22.6 Å². The van der Waals surface area contributed by atoms with E-state index in [-0.39, 0.29) is 11.0 Å². The molecular formula is C14H18N2O3S. The minimum Gasteiger partial charge on any atom is -0.381 e. The molecule has 0 aromatic heterocycles. The van der Waals surface area contributed by atoms with Crippen LogP contribution in [0.25, 0.3) is 0 Å². The summed E-state index contributed by atoms with van der Waals surface area (Å²) in [7, 11) is -1.82. The lowest BCUT2D eigenvalue weighted by atomic mass is 10.1. The number of methoxy groups -OCH3 is 1. The van der Waals surface area contributed by atoms with Gasteiger partial charge >= 0.3 is 0 Å². The summed E-state index contributed by atoms with van der Waals surface area (Å²) in [6.07, 6.45) is 1.57. The summed E-state index contributed by atoms with van der Waals surface area (Å²) in [5.41, 5.74) is 1.18. The highest BCUT2D eigenvalue weighted by atomic mass is 32.2. The first kappa shape index (κ1) is 15.0. The van der Waals surface area contributed by atoms with Crippen molar-refractivity contribution in [3.8, 4) is 6.07 Å². The van der Waals surface area contributed by atoms with Crippen molar-refractivity contribution in [2.24, 2.45) is 0 Å². The summed E-state index contributed by atoms with van der Waals surface area (Å²) >= 11 is 0. The Balaban J connectivity index is 2.23. The average molecular weight is 294 g/mol. The average Bonchev–Trinajstić information content (AvgIpc) is 2.47. The van der Waals surface area contributed by atoms with Gasteiger partial charge in [-0.1, -0.05) is 0 Å². The van der Waals surface area contributed by atoms with Crippen LogP contribution >= 0.6 is 0 Å². The van der Waals surface area contributed by atoms with E-state index in [1.165, 1.54) is 10.4 Å². The Hall–Kier alpha value is -1.42. The van der Waals surface area contributed by atoms with Gasteiger partial charge in [0.1, 0.15) is 0 Å². The summed E-state index contributed by atoms with van der Waals surface area (Å²) in [6, 6.07) is 6.67. The van der Waals surface area contributed by atoms with Crippen LogP contribution in [-0.4, -0.2) is 39.0 Å². The maximum atomic E-state index is 12.5. The van der Waals surface area contributed by atoms with E-state index in [1.807, 2.05) is 6.07 Å². The predicted molar refractivity (Wildman–Crippen MR) is 74.7 cm³/mol. The topological polar surface area (TPSA) is 70.4 Å². The van der Waals surface area contributed by atoms with E-state index >= 15 is 0 Å². The quantitative estimate of drug-likeness (QED) is 0.850. The lowest BCUT2D eigenvalue weighted by Crippen LogP contribution is -2.40. The Kier molecular flexibility index (Phi) is 4.43. The third kappa shape index (κ3) is 2.85. The van der Waals surface area contributed by atoms with Gasteiger partial charge in [0.2, 0.25) is 10.0 Å². The molecule has 108 valence electrons. The molecule has 1 aromatic carbocycles. The SMILES string of the molecule is COC1CCN(S(=O)(=O)c2ccc(C#N)c(C)c2)CC1. The molecule has 6 heteroatoms. The minimum absolute atomic E-state index is 0.143. The molecule has 0 amide bonds. The molecule has 5 nitrogen and oxygen atoms in total. The highest BCUT2D eigenvalue weighted by molar-refractivity contribution is 7.89. The standard InChI is InChI=1S/C14H18N2O3S/c1-11-9-14(4-3-12(11)10-15)20(17,18)16-7-5-13(19-2)6-8-16/h3-4,9,13H,5-8H2,1-2H3. The molecule has 0 saturated carbocycles. The van der Waals surface area contributed by atoms with E-state index in [0.717, 1.165) is 0 Å². The van der Waals surface area contributed by atoms with Gasteiger partial charge < -0.3 is 4.74 Å². The number of piperidine rings is 1. The second-order valence-electron chi connectivity index (χ2n) is 4.93. The highest BCUT2D eigenvalue weighted by Crippen LogP contribution is 2.23. The smallest absolute Gasteiger partial charge is 0.243 e. The number of benzene rings is 1. The minimum atomic E-state index is -3.47. The molecule has 2 rings (SSSR count). The van der Waals surface area contributed by atoms with Gasteiger partial charge in [-0.2, -0.15) is 9.57 Å². The van der Waals surface area contributed by atoms with Crippen molar-refractivity contribution < 1.29 is 13.2 Å². The summed E-state index contributed by atoms with van der Waals surface area (Å²) in [4.78, 5) is 0.255. The van der Waals surface area contributed by atoms with E-state index in [0.29, 0.717) is 37.1 Å². The molecule has 1 saturated heterocycles. The number of sulfonamides is 1. The monoisotopic (exact) mass is 294 g/mol. The predicted octanol–water partition coefficient (Wildman–Crippen LogP) is 1.67. The van der Waals surface area contributed by atoms with Gasteiger partial charge in [0, 0.05) is 20.2 Å². The summed E-state index contributed by atoms with van der Waals surface area (Å²) in [6.45, 7) is 2.69. The largest absolute Gasteiger partial charge is 0.381 e. The lowest BCUT2D eigenvalue weighted by molar-refractivity contribution is 0.0604. The van der Waals surface area contributed by atoms with E-state index < -0.39 is 10.0 Å². The fraction of sp³-hybridized carbons (Fsp3) is 0.500. The highest BCUT2D eigenvalue weighted by Gasteiger charge is 2.29. The van der Waals surface area contributed by atoms with Crippen LogP contribution < -0.4 is 0 Å². The molecule has 1 aromatic rings. The molecule has 0 atom stereocenters. The van der Waals surface area contributed by atoms with Crippen LogP contribution in [0.15, 0.2) is 23.1 Å². The fourth-order valence-electron chi connectivity index (χ4n) is 2.38. The Morgan fingerprint density at radius 1 is 1.35 bits per heavy atom. The zero-order valence-corrected chi connectivity index (χ0v) is 12.5. The van der Waals surface area contributed by atoms with Crippen molar-refractivity contribution in [3.05, 3.63) is 29.3 Å². The van der Waals surface area contributed by atoms with Crippen molar-refractivity contribution in [1.82, 2.24) is 4.31 Å². The van der Waals surface area contributed by atoms with Crippen LogP contribution in [0.4, 0.5) is 0 Å². The van der Waals surface area contributed by atoms with Crippen molar-refractivity contribution in [3.63, 3.8) is 0 Å². The first-order valence-electron chi connectivity index (χ1n) is 6.52. The molecule has 1 aliphatic rings.